The van der Waals surface area contributed by atoms with E-state index in [0.29, 0.717) is 24.1 Å². The monoisotopic (exact) mass is 384 g/mol. The Hall–Kier alpha value is -2.73. The van der Waals surface area contributed by atoms with Gasteiger partial charge in [-0.1, -0.05) is 29.8 Å². The van der Waals surface area contributed by atoms with Crippen LogP contribution in [0.25, 0.3) is 0 Å². The van der Waals surface area contributed by atoms with Crippen molar-refractivity contribution in [2.75, 3.05) is 46.7 Å². The van der Waals surface area contributed by atoms with Crippen LogP contribution in [-0.2, 0) is 0 Å². The standard InChI is InChI=1S/C22H32N4O2/c1-7-28-21-14-18(12-13-20(21)27-6)25-22(23-3)24-15-19(26(4)5)17-10-8-16(2)9-11-17/h8-14,19H,7,15H2,1-6H3,(H2,23,24,25). The van der Waals surface area contributed by atoms with Gasteiger partial charge >= 0.3 is 0 Å². The molecule has 0 aliphatic carbocycles. The summed E-state index contributed by atoms with van der Waals surface area (Å²) in [5.74, 6) is 2.12. The Morgan fingerprint density at radius 3 is 2.39 bits per heavy atom. The van der Waals surface area contributed by atoms with Gasteiger partial charge in [0.15, 0.2) is 17.5 Å². The molecule has 28 heavy (non-hydrogen) atoms. The fourth-order valence-corrected chi connectivity index (χ4v) is 2.92. The summed E-state index contributed by atoms with van der Waals surface area (Å²) in [6.45, 7) is 5.36. The molecule has 152 valence electrons. The number of nitrogens with one attached hydrogen (secondary N) is 2. The van der Waals surface area contributed by atoms with Crippen LogP contribution in [-0.4, -0.2) is 52.3 Å². The first-order valence-electron chi connectivity index (χ1n) is 9.50. The minimum Gasteiger partial charge on any atom is -0.493 e. The molecule has 2 aromatic carbocycles. The molecular formula is C22H32N4O2. The zero-order chi connectivity index (χ0) is 20.5. The van der Waals surface area contributed by atoms with E-state index >= 15 is 0 Å². The molecule has 0 amide bonds. The van der Waals surface area contributed by atoms with Crippen molar-refractivity contribution in [1.82, 2.24) is 10.2 Å². The number of guanidine groups is 1. The molecule has 6 nitrogen and oxygen atoms in total. The highest BCUT2D eigenvalue weighted by molar-refractivity contribution is 5.93. The Balaban J connectivity index is 2.07. The molecule has 0 aliphatic heterocycles. The number of aliphatic imine (C=N–C) groups is 1. The number of benzene rings is 2. The first kappa shape index (κ1) is 21.6. The molecule has 2 rings (SSSR count). The van der Waals surface area contributed by atoms with Crippen LogP contribution >= 0.6 is 0 Å². The van der Waals surface area contributed by atoms with E-state index in [9.17, 15) is 0 Å². The molecule has 6 heteroatoms. The third-order valence-corrected chi connectivity index (χ3v) is 4.50. The maximum Gasteiger partial charge on any atom is 0.195 e. The van der Waals surface area contributed by atoms with Crippen molar-refractivity contribution in [3.05, 3.63) is 53.6 Å². The van der Waals surface area contributed by atoms with Gasteiger partial charge in [-0.15, -0.1) is 0 Å². The van der Waals surface area contributed by atoms with Crippen LogP contribution < -0.4 is 20.1 Å². The summed E-state index contributed by atoms with van der Waals surface area (Å²) in [6.07, 6.45) is 0. The smallest absolute Gasteiger partial charge is 0.195 e. The second kappa shape index (κ2) is 10.6. The van der Waals surface area contributed by atoms with Gasteiger partial charge in [0.25, 0.3) is 0 Å². The number of hydrogen-bond acceptors (Lipinski definition) is 4. The molecule has 0 saturated heterocycles. The average molecular weight is 385 g/mol. The number of nitrogens with zero attached hydrogens (tertiary/aromatic N) is 2. The SMILES string of the molecule is CCOc1cc(NC(=NC)NCC(c2ccc(C)cc2)N(C)C)ccc1OC. The van der Waals surface area contributed by atoms with Crippen molar-refractivity contribution in [1.29, 1.82) is 0 Å². The van der Waals surface area contributed by atoms with Crippen LogP contribution in [0.15, 0.2) is 47.5 Å². The van der Waals surface area contributed by atoms with Crippen LogP contribution in [0.3, 0.4) is 0 Å². The van der Waals surface area contributed by atoms with E-state index in [0.717, 1.165) is 12.2 Å². The largest absolute Gasteiger partial charge is 0.493 e. The highest BCUT2D eigenvalue weighted by atomic mass is 16.5. The first-order valence-corrected chi connectivity index (χ1v) is 9.50. The van der Waals surface area contributed by atoms with E-state index < -0.39 is 0 Å². The lowest BCUT2D eigenvalue weighted by Gasteiger charge is -2.26. The Labute approximate surface area is 168 Å². The van der Waals surface area contributed by atoms with Crippen molar-refractivity contribution >= 4 is 11.6 Å². The van der Waals surface area contributed by atoms with Crippen LogP contribution in [0.5, 0.6) is 11.5 Å². The number of rotatable bonds is 8. The topological polar surface area (TPSA) is 58.1 Å². The molecule has 0 spiro atoms. The molecule has 2 aromatic rings. The van der Waals surface area contributed by atoms with Crippen molar-refractivity contribution < 1.29 is 9.47 Å². The van der Waals surface area contributed by atoms with Gasteiger partial charge in [-0.3, -0.25) is 4.99 Å². The Bertz CT molecular complexity index is 773. The summed E-state index contributed by atoms with van der Waals surface area (Å²) in [6, 6.07) is 14.6. The predicted octanol–water partition coefficient (Wildman–Crippen LogP) is 3.69. The van der Waals surface area contributed by atoms with Gasteiger partial charge in [0.2, 0.25) is 0 Å². The number of anilines is 1. The van der Waals surface area contributed by atoms with Crippen LogP contribution in [0.4, 0.5) is 5.69 Å². The van der Waals surface area contributed by atoms with Gasteiger partial charge in [-0.05, 0) is 45.6 Å². The van der Waals surface area contributed by atoms with Crippen molar-refractivity contribution in [2.24, 2.45) is 4.99 Å². The summed E-state index contributed by atoms with van der Waals surface area (Å²) in [5.41, 5.74) is 3.41. The zero-order valence-corrected chi connectivity index (χ0v) is 17.7. The summed E-state index contributed by atoms with van der Waals surface area (Å²) < 4.78 is 11.0. The van der Waals surface area contributed by atoms with Gasteiger partial charge in [-0.25, -0.2) is 0 Å². The summed E-state index contributed by atoms with van der Waals surface area (Å²) in [4.78, 5) is 6.54. The zero-order valence-electron chi connectivity index (χ0n) is 17.7. The number of methoxy groups -OCH3 is 1. The van der Waals surface area contributed by atoms with Crippen LogP contribution in [0.1, 0.15) is 24.1 Å². The number of hydrogen-bond donors (Lipinski definition) is 2. The molecule has 0 heterocycles. The maximum absolute atomic E-state index is 5.65. The van der Waals surface area contributed by atoms with E-state index in [1.807, 2.05) is 25.1 Å². The quantitative estimate of drug-likeness (QED) is 0.537. The van der Waals surface area contributed by atoms with Gasteiger partial charge in [0.1, 0.15) is 0 Å². The summed E-state index contributed by atoms with van der Waals surface area (Å²) >= 11 is 0. The Kier molecular flexibility index (Phi) is 8.14. The van der Waals surface area contributed by atoms with E-state index in [4.69, 9.17) is 9.47 Å². The van der Waals surface area contributed by atoms with Crippen LogP contribution in [0, 0.1) is 6.92 Å². The molecule has 2 N–H and O–H groups in total. The third kappa shape index (κ3) is 5.89. The van der Waals surface area contributed by atoms with E-state index in [-0.39, 0.29) is 6.04 Å². The minimum atomic E-state index is 0.231. The number of aryl methyl sites for hydroxylation is 1. The predicted molar refractivity (Wildman–Crippen MR) is 117 cm³/mol. The first-order chi connectivity index (χ1) is 13.5. The van der Waals surface area contributed by atoms with Crippen LogP contribution in [0.2, 0.25) is 0 Å². The molecule has 0 fully saturated rings. The minimum absolute atomic E-state index is 0.231. The Morgan fingerprint density at radius 1 is 1.11 bits per heavy atom. The normalized spacial score (nSPS) is 12.6. The van der Waals surface area contributed by atoms with Gasteiger partial charge in [0, 0.05) is 25.3 Å². The summed E-state index contributed by atoms with van der Waals surface area (Å²) in [7, 11) is 7.57. The maximum atomic E-state index is 5.65. The molecule has 0 bridgehead atoms. The third-order valence-electron chi connectivity index (χ3n) is 4.50. The van der Waals surface area contributed by atoms with Gasteiger partial charge in [0.05, 0.1) is 19.8 Å². The highest BCUT2D eigenvalue weighted by Gasteiger charge is 2.15. The van der Waals surface area contributed by atoms with Gasteiger partial charge in [-0.2, -0.15) is 0 Å². The van der Waals surface area contributed by atoms with Crippen molar-refractivity contribution in [3.63, 3.8) is 0 Å². The molecule has 0 aliphatic rings. The lowest BCUT2D eigenvalue weighted by atomic mass is 10.0. The molecule has 0 aromatic heterocycles. The van der Waals surface area contributed by atoms with E-state index in [2.05, 4.69) is 65.8 Å². The lowest BCUT2D eigenvalue weighted by molar-refractivity contribution is 0.298. The van der Waals surface area contributed by atoms with E-state index in [1.165, 1.54) is 11.1 Å². The molecular weight excluding hydrogens is 352 g/mol. The van der Waals surface area contributed by atoms with E-state index in [1.54, 1.807) is 14.2 Å². The number of ether oxygens (including phenoxy) is 2. The second-order valence-corrected chi connectivity index (χ2v) is 6.77. The van der Waals surface area contributed by atoms with Crippen molar-refractivity contribution in [3.8, 4) is 11.5 Å². The average Bonchev–Trinajstić information content (AvgIpc) is 2.68. The number of likely N-dealkylation sites (N-methyl/N-ethyl adjacent to an activating group) is 1. The molecule has 1 unspecified atom stereocenters. The highest BCUT2D eigenvalue weighted by Crippen LogP contribution is 2.30. The van der Waals surface area contributed by atoms with Crippen molar-refractivity contribution in [2.45, 2.75) is 19.9 Å². The van der Waals surface area contributed by atoms with Gasteiger partial charge < -0.3 is 25.0 Å². The second-order valence-electron chi connectivity index (χ2n) is 6.77. The molecule has 1 atom stereocenters. The fourth-order valence-electron chi connectivity index (χ4n) is 2.92. The fraction of sp³-hybridized carbons (Fsp3) is 0.409. The summed E-state index contributed by atoms with van der Waals surface area (Å²) in [5, 5.41) is 6.74. The Morgan fingerprint density at radius 2 is 1.82 bits per heavy atom. The molecule has 0 radical (unpaired) electrons. The molecule has 0 saturated carbocycles. The lowest BCUT2D eigenvalue weighted by Crippen LogP contribution is -2.38.